The normalized spacial score (nSPS) is 17.0. The molecule has 0 fully saturated rings. The number of fused-ring (bicyclic) bond motifs is 6. The molecule has 0 bridgehead atoms. The zero-order chi connectivity index (χ0) is 43.8. The van der Waals surface area contributed by atoms with Crippen molar-refractivity contribution in [3.05, 3.63) is 145 Å². The highest BCUT2D eigenvalue weighted by atomic mass is 15.2. The largest absolute Gasteiger partial charge is 0.307 e. The van der Waals surface area contributed by atoms with Gasteiger partial charge in [-0.05, 0) is 36.3 Å². The molecule has 206 valence electrons. The summed E-state index contributed by atoms with van der Waals surface area (Å²) in [5.74, 6) is -1.86. The van der Waals surface area contributed by atoms with E-state index in [1.54, 1.807) is 30.5 Å². The van der Waals surface area contributed by atoms with Gasteiger partial charge in [0.1, 0.15) is 0 Å². The summed E-state index contributed by atoms with van der Waals surface area (Å²) in [5.41, 5.74) is -1.10. The van der Waals surface area contributed by atoms with Crippen LogP contribution in [-0.4, -0.2) is 29.1 Å². The van der Waals surface area contributed by atoms with Gasteiger partial charge in [0.15, 0.2) is 11.6 Å². The number of pyridine rings is 1. The molecule has 0 radical (unpaired) electrons. The average Bonchev–Trinajstić information content (AvgIpc) is 3.79. The van der Waals surface area contributed by atoms with E-state index in [9.17, 15) is 2.74 Å². The molecule has 0 spiro atoms. The van der Waals surface area contributed by atoms with Gasteiger partial charge in [0.2, 0.25) is 5.95 Å². The molecule has 0 aliphatic rings. The van der Waals surface area contributed by atoms with E-state index in [-0.39, 0.29) is 22.0 Å². The first-order chi connectivity index (χ1) is 28.9. The van der Waals surface area contributed by atoms with Gasteiger partial charge in [0.25, 0.3) is 0 Å². The Bertz CT molecular complexity index is 3310. The third-order valence-electron chi connectivity index (χ3n) is 7.17. The molecule has 6 heteroatoms. The summed E-state index contributed by atoms with van der Waals surface area (Å²) in [4.78, 5) is 18.0. The molecule has 0 atom stereocenters. The molecule has 0 aliphatic heterocycles. The van der Waals surface area contributed by atoms with Gasteiger partial charge in [-0.15, -0.1) is 0 Å². The molecule has 4 heterocycles. The van der Waals surface area contributed by atoms with Crippen molar-refractivity contribution in [2.24, 2.45) is 0 Å². The molecule has 9 aromatic rings. The average molecular weight is 582 g/mol. The number of para-hydroxylation sites is 4. The summed E-state index contributed by atoms with van der Waals surface area (Å²) in [6, 6.07) is -3.40. The van der Waals surface area contributed by atoms with E-state index in [0.717, 1.165) is 4.57 Å². The molecule has 0 unspecified atom stereocenters. The fraction of sp³-hybridized carbons (Fsp3) is 0. The quantitative estimate of drug-likeness (QED) is 0.208. The van der Waals surface area contributed by atoms with Gasteiger partial charge in [-0.1, -0.05) is 96.8 Å². The Labute approximate surface area is 276 Å². The predicted molar refractivity (Wildman–Crippen MR) is 177 cm³/mol. The van der Waals surface area contributed by atoms with Crippen molar-refractivity contribution in [3.63, 3.8) is 0 Å². The summed E-state index contributed by atoms with van der Waals surface area (Å²) < 4.78 is 151. The van der Waals surface area contributed by atoms with Crippen molar-refractivity contribution < 1.29 is 23.3 Å². The highest BCUT2D eigenvalue weighted by Gasteiger charge is 2.20. The Morgan fingerprint density at radius 1 is 0.500 bits per heavy atom. The van der Waals surface area contributed by atoms with Crippen LogP contribution < -0.4 is 0 Å². The molecule has 0 saturated heterocycles. The second-order valence-corrected chi connectivity index (χ2v) is 9.53. The van der Waals surface area contributed by atoms with Gasteiger partial charge in [0.05, 0.1) is 57.3 Å². The van der Waals surface area contributed by atoms with Crippen LogP contribution in [0.1, 0.15) is 23.3 Å². The molecule has 5 aromatic carbocycles. The van der Waals surface area contributed by atoms with E-state index in [2.05, 4.69) is 19.9 Å². The van der Waals surface area contributed by atoms with Crippen LogP contribution in [0, 0.1) is 0 Å². The lowest BCUT2D eigenvalue weighted by molar-refractivity contribution is 0.951. The van der Waals surface area contributed by atoms with Crippen LogP contribution >= 0.6 is 0 Å². The molecule has 44 heavy (non-hydrogen) atoms. The monoisotopic (exact) mass is 581 g/mol. The van der Waals surface area contributed by atoms with Crippen molar-refractivity contribution >= 4 is 43.6 Å². The Morgan fingerprint density at radius 3 is 1.98 bits per heavy atom. The molecule has 6 nitrogen and oxygen atoms in total. The fourth-order valence-corrected chi connectivity index (χ4v) is 5.37. The van der Waals surface area contributed by atoms with Crippen LogP contribution in [0.25, 0.3) is 78.0 Å². The molecule has 4 aromatic heterocycles. The van der Waals surface area contributed by atoms with Crippen LogP contribution in [0.4, 0.5) is 0 Å². The molecule has 0 saturated carbocycles. The van der Waals surface area contributed by atoms with E-state index in [1.165, 1.54) is 10.8 Å². The highest BCUT2D eigenvalue weighted by molar-refractivity contribution is 6.10. The molecule has 9 rings (SSSR count). The SMILES string of the molecule is [2H]c1c([2H])c([2H])c(-c2nc(-c3c([2H])c([2H])c([2H])c([2H])c3-n3c4ccccc4c4ccncc43)nc(-n3c4c([2H])c([2H])c([2H])c([2H])c4c4c([2H])c([2H])c([2H])c([2H])c43)n2)c([2H])c1[2H]. The van der Waals surface area contributed by atoms with Gasteiger partial charge >= 0.3 is 0 Å². The molecule has 0 amide bonds. The summed E-state index contributed by atoms with van der Waals surface area (Å²) >= 11 is 0. The number of benzene rings is 5. The maximum Gasteiger partial charge on any atom is 0.238 e. The summed E-state index contributed by atoms with van der Waals surface area (Å²) in [6.07, 6.45) is 3.05. The van der Waals surface area contributed by atoms with E-state index in [1.807, 2.05) is 6.07 Å². The lowest BCUT2D eigenvalue weighted by atomic mass is 10.1. The minimum Gasteiger partial charge on any atom is -0.307 e. The first-order valence-electron chi connectivity index (χ1n) is 21.7. The van der Waals surface area contributed by atoms with E-state index in [4.69, 9.17) is 20.6 Å². The zero-order valence-corrected chi connectivity index (χ0v) is 22.2. The topological polar surface area (TPSA) is 61.4 Å². The third kappa shape index (κ3) is 3.68. The van der Waals surface area contributed by atoms with E-state index in [0.29, 0.717) is 21.8 Å². The summed E-state index contributed by atoms with van der Waals surface area (Å²) in [7, 11) is 0. The molecular formula is C38H24N6. The molecular weight excluding hydrogens is 540 g/mol. The Morgan fingerprint density at radius 2 is 1.16 bits per heavy atom. The second-order valence-electron chi connectivity index (χ2n) is 9.53. The lowest BCUT2D eigenvalue weighted by Gasteiger charge is -2.15. The predicted octanol–water partition coefficient (Wildman–Crippen LogP) is 8.79. The van der Waals surface area contributed by atoms with Crippen molar-refractivity contribution in [3.8, 4) is 34.4 Å². The van der Waals surface area contributed by atoms with Crippen LogP contribution in [0.5, 0.6) is 0 Å². The number of rotatable bonds is 4. The van der Waals surface area contributed by atoms with Crippen LogP contribution in [0.15, 0.2) is 145 Å². The second kappa shape index (κ2) is 9.71. The van der Waals surface area contributed by atoms with Gasteiger partial charge in [-0.25, -0.2) is 4.98 Å². The zero-order valence-electron chi connectivity index (χ0n) is 39.2. The fourth-order valence-electron chi connectivity index (χ4n) is 5.37. The van der Waals surface area contributed by atoms with Crippen molar-refractivity contribution in [1.82, 2.24) is 29.1 Å². The first kappa shape index (κ1) is 13.0. The van der Waals surface area contributed by atoms with Crippen LogP contribution in [-0.2, 0) is 0 Å². The van der Waals surface area contributed by atoms with Crippen molar-refractivity contribution in [2.75, 3.05) is 0 Å². The molecule has 0 N–H and O–H groups in total. The number of aromatic nitrogens is 6. The number of nitrogens with zero attached hydrogens (tertiary/aromatic N) is 6. The van der Waals surface area contributed by atoms with Crippen LogP contribution in [0.3, 0.4) is 0 Å². The highest BCUT2D eigenvalue weighted by Crippen LogP contribution is 2.36. The smallest absolute Gasteiger partial charge is 0.238 e. The van der Waals surface area contributed by atoms with Gasteiger partial charge in [-0.3, -0.25) is 9.55 Å². The Balaban J connectivity index is 1.54. The van der Waals surface area contributed by atoms with E-state index < -0.39 is 137 Å². The maximum absolute atomic E-state index is 9.33. The van der Waals surface area contributed by atoms with Gasteiger partial charge in [-0.2, -0.15) is 9.97 Å². The van der Waals surface area contributed by atoms with Crippen molar-refractivity contribution in [1.29, 1.82) is 0 Å². The lowest BCUT2D eigenvalue weighted by Crippen LogP contribution is -2.07. The Kier molecular flexibility index (Phi) is 2.87. The minimum absolute atomic E-state index is 0.194. The summed E-state index contributed by atoms with van der Waals surface area (Å²) in [5, 5.41) is 0.676. The number of hydrogen-bond donors (Lipinski definition) is 0. The van der Waals surface area contributed by atoms with Crippen molar-refractivity contribution in [2.45, 2.75) is 0 Å². The first-order valence-corrected chi connectivity index (χ1v) is 13.2. The Hall–Kier alpha value is -6.14. The molecule has 0 aliphatic carbocycles. The van der Waals surface area contributed by atoms with E-state index >= 15 is 0 Å². The number of hydrogen-bond acceptors (Lipinski definition) is 4. The minimum atomic E-state index is -0.778. The third-order valence-corrected chi connectivity index (χ3v) is 7.17. The van der Waals surface area contributed by atoms with Crippen LogP contribution in [0.2, 0.25) is 0 Å². The van der Waals surface area contributed by atoms with Gasteiger partial charge < -0.3 is 4.57 Å². The summed E-state index contributed by atoms with van der Waals surface area (Å²) in [6.45, 7) is 0. The van der Waals surface area contributed by atoms with Gasteiger partial charge in [0, 0.05) is 38.9 Å². The standard InChI is InChI=1S/C38H24N6/c1-2-12-25(13-3-1)36-40-37(42-38(41-36)44-32-19-9-5-14-26(32)27-15-6-10-20-33(27)44)30-17-7-11-21-34(30)43-31-18-8-4-16-28(31)29-22-23-39-24-35(29)43/h1-24H/i1D,2D,3D,5D,6D,7D,9D,10D,11D,12D,13D,14D,15D,17D,19D,20D,21D. The maximum atomic E-state index is 9.33.